The Labute approximate surface area is 136 Å². The fraction of sp³-hybridized carbons (Fsp3) is 0.350. The molecule has 0 aromatic heterocycles. The second-order valence-corrected chi connectivity index (χ2v) is 6.96. The lowest BCUT2D eigenvalue weighted by atomic mass is 9.60. The van der Waals surface area contributed by atoms with E-state index in [-0.39, 0.29) is 11.8 Å². The fourth-order valence-corrected chi connectivity index (χ4v) is 4.46. The molecule has 1 fully saturated rings. The number of carboxylic acids is 1. The third-order valence-electron chi connectivity index (χ3n) is 5.68. The summed E-state index contributed by atoms with van der Waals surface area (Å²) in [6, 6.07) is 16.9. The van der Waals surface area contributed by atoms with E-state index in [4.69, 9.17) is 0 Å². The van der Waals surface area contributed by atoms with Gasteiger partial charge in [0, 0.05) is 19.0 Å². The van der Waals surface area contributed by atoms with Crippen molar-refractivity contribution in [1.29, 1.82) is 0 Å². The van der Waals surface area contributed by atoms with E-state index in [1.54, 1.807) is 0 Å². The summed E-state index contributed by atoms with van der Waals surface area (Å²) in [4.78, 5) is 12.2. The van der Waals surface area contributed by atoms with Gasteiger partial charge in [0.15, 0.2) is 0 Å². The predicted octanol–water partition coefficient (Wildman–Crippen LogP) is 2.97. The molecule has 3 heteroatoms. The number of rotatable bonds is 2. The number of hydrogen-bond acceptors (Lipinski definition) is 2. The highest BCUT2D eigenvalue weighted by Gasteiger charge is 2.55. The molecule has 1 aliphatic heterocycles. The molecule has 3 atom stereocenters. The van der Waals surface area contributed by atoms with E-state index in [1.165, 1.54) is 22.3 Å². The van der Waals surface area contributed by atoms with Crippen LogP contribution >= 0.6 is 0 Å². The molecule has 2 aromatic carbocycles. The van der Waals surface area contributed by atoms with Crippen molar-refractivity contribution in [2.45, 2.75) is 19.3 Å². The molecule has 2 N–H and O–H groups in total. The molecule has 0 amide bonds. The smallest absolute Gasteiger partial charge is 0.311 e. The lowest BCUT2D eigenvalue weighted by Crippen LogP contribution is -2.46. The van der Waals surface area contributed by atoms with Crippen molar-refractivity contribution < 1.29 is 9.90 Å². The Morgan fingerprint density at radius 1 is 1.17 bits per heavy atom. The van der Waals surface area contributed by atoms with Crippen molar-refractivity contribution in [3.8, 4) is 0 Å². The molecule has 2 aliphatic rings. The SMILES string of the molecule is Cc1ccc(C2c3ccccc3CC3(C(=O)O)CNCC23)cc1. The van der Waals surface area contributed by atoms with Crippen LogP contribution < -0.4 is 5.32 Å². The fourth-order valence-electron chi connectivity index (χ4n) is 4.46. The van der Waals surface area contributed by atoms with Crippen LogP contribution in [0.1, 0.15) is 28.2 Å². The highest BCUT2D eigenvalue weighted by molar-refractivity contribution is 5.78. The van der Waals surface area contributed by atoms with Gasteiger partial charge in [0.1, 0.15) is 0 Å². The van der Waals surface area contributed by atoms with Gasteiger partial charge >= 0.3 is 5.97 Å². The summed E-state index contributed by atoms with van der Waals surface area (Å²) < 4.78 is 0. The monoisotopic (exact) mass is 307 g/mol. The number of hydrogen-bond donors (Lipinski definition) is 2. The molecule has 118 valence electrons. The highest BCUT2D eigenvalue weighted by atomic mass is 16.4. The number of nitrogens with one attached hydrogen (secondary N) is 1. The first-order valence-corrected chi connectivity index (χ1v) is 8.20. The average molecular weight is 307 g/mol. The maximum absolute atomic E-state index is 12.2. The first-order chi connectivity index (χ1) is 11.1. The molecule has 3 unspecified atom stereocenters. The van der Waals surface area contributed by atoms with Gasteiger partial charge in [0.2, 0.25) is 0 Å². The van der Waals surface area contributed by atoms with Crippen molar-refractivity contribution >= 4 is 5.97 Å². The van der Waals surface area contributed by atoms with Crippen molar-refractivity contribution in [3.05, 3.63) is 70.8 Å². The van der Waals surface area contributed by atoms with Gasteiger partial charge in [0.25, 0.3) is 0 Å². The molecule has 0 saturated carbocycles. The van der Waals surface area contributed by atoms with Crippen LogP contribution in [-0.4, -0.2) is 24.2 Å². The van der Waals surface area contributed by atoms with Crippen molar-refractivity contribution in [1.82, 2.24) is 5.32 Å². The Bertz CT molecular complexity index is 752. The van der Waals surface area contributed by atoms with E-state index in [9.17, 15) is 9.90 Å². The Kier molecular flexibility index (Phi) is 3.27. The summed E-state index contributed by atoms with van der Waals surface area (Å²) >= 11 is 0. The Morgan fingerprint density at radius 2 is 1.91 bits per heavy atom. The summed E-state index contributed by atoms with van der Waals surface area (Å²) in [5.74, 6) is -0.427. The van der Waals surface area contributed by atoms with Gasteiger partial charge in [-0.25, -0.2) is 0 Å². The van der Waals surface area contributed by atoms with Gasteiger partial charge in [-0.05, 0) is 36.0 Å². The predicted molar refractivity (Wildman–Crippen MR) is 89.6 cm³/mol. The minimum atomic E-state index is -0.691. The second kappa shape index (κ2) is 5.20. The maximum Gasteiger partial charge on any atom is 0.311 e. The van der Waals surface area contributed by atoms with Crippen molar-refractivity contribution in [2.75, 3.05) is 13.1 Å². The summed E-state index contributed by atoms with van der Waals surface area (Å²) in [6.07, 6.45) is 0.624. The van der Waals surface area contributed by atoms with Gasteiger partial charge in [0.05, 0.1) is 5.41 Å². The minimum Gasteiger partial charge on any atom is -0.481 e. The molecular formula is C20H21NO2. The zero-order valence-electron chi connectivity index (χ0n) is 13.3. The quantitative estimate of drug-likeness (QED) is 0.897. The van der Waals surface area contributed by atoms with Crippen molar-refractivity contribution in [2.24, 2.45) is 11.3 Å². The zero-order valence-corrected chi connectivity index (χ0v) is 13.3. The van der Waals surface area contributed by atoms with E-state index in [1.807, 2.05) is 6.07 Å². The number of carbonyl (C=O) groups is 1. The molecule has 4 rings (SSSR count). The minimum absolute atomic E-state index is 0.0950. The van der Waals surface area contributed by atoms with Crippen LogP contribution in [-0.2, 0) is 11.2 Å². The van der Waals surface area contributed by atoms with Gasteiger partial charge in [-0.3, -0.25) is 4.79 Å². The Hall–Kier alpha value is -2.13. The van der Waals surface area contributed by atoms with Crippen molar-refractivity contribution in [3.63, 3.8) is 0 Å². The summed E-state index contributed by atoms with van der Waals surface area (Å²) in [5, 5.41) is 13.3. The number of carboxylic acid groups (broad SMARTS) is 1. The normalized spacial score (nSPS) is 28.9. The van der Waals surface area contributed by atoms with Gasteiger partial charge in [-0.15, -0.1) is 0 Å². The lowest BCUT2D eigenvalue weighted by molar-refractivity contribution is -0.151. The number of benzene rings is 2. The third-order valence-corrected chi connectivity index (χ3v) is 5.68. The van der Waals surface area contributed by atoms with Gasteiger partial charge in [-0.2, -0.15) is 0 Å². The van der Waals surface area contributed by atoms with E-state index < -0.39 is 11.4 Å². The topological polar surface area (TPSA) is 49.3 Å². The molecule has 3 nitrogen and oxygen atoms in total. The molecule has 1 aliphatic carbocycles. The Morgan fingerprint density at radius 3 is 2.65 bits per heavy atom. The van der Waals surface area contributed by atoms with Crippen LogP contribution in [0.3, 0.4) is 0 Å². The zero-order chi connectivity index (χ0) is 16.0. The van der Waals surface area contributed by atoms with Gasteiger partial charge in [-0.1, -0.05) is 54.1 Å². The van der Waals surface area contributed by atoms with Crippen LogP contribution in [0.5, 0.6) is 0 Å². The average Bonchev–Trinajstić information content (AvgIpc) is 2.98. The molecule has 1 saturated heterocycles. The van der Waals surface area contributed by atoms with Crippen LogP contribution in [0.2, 0.25) is 0 Å². The van der Waals surface area contributed by atoms with E-state index >= 15 is 0 Å². The molecule has 0 spiro atoms. The largest absolute Gasteiger partial charge is 0.481 e. The molecule has 2 aromatic rings. The first-order valence-electron chi connectivity index (χ1n) is 8.20. The standard InChI is InChI=1S/C20H21NO2/c1-13-6-8-14(9-7-13)18-16-5-3-2-4-15(16)10-20(19(22)23)12-21-11-17(18)20/h2-9,17-18,21H,10-12H2,1H3,(H,22,23). The third kappa shape index (κ3) is 2.11. The summed E-state index contributed by atoms with van der Waals surface area (Å²) in [5.41, 5.74) is 4.24. The van der Waals surface area contributed by atoms with E-state index in [0.29, 0.717) is 13.0 Å². The van der Waals surface area contributed by atoms with Crippen LogP contribution in [0, 0.1) is 18.3 Å². The summed E-state index contributed by atoms with van der Waals surface area (Å²) in [7, 11) is 0. The van der Waals surface area contributed by atoms with E-state index in [0.717, 1.165) is 6.54 Å². The lowest BCUT2D eigenvalue weighted by Gasteiger charge is -2.42. The summed E-state index contributed by atoms with van der Waals surface area (Å²) in [6.45, 7) is 3.40. The van der Waals surface area contributed by atoms with Crippen LogP contribution in [0.15, 0.2) is 48.5 Å². The molecule has 0 radical (unpaired) electrons. The highest BCUT2D eigenvalue weighted by Crippen LogP contribution is 2.51. The number of aryl methyl sites for hydroxylation is 1. The van der Waals surface area contributed by atoms with Gasteiger partial charge < -0.3 is 10.4 Å². The molecular weight excluding hydrogens is 286 g/mol. The molecule has 23 heavy (non-hydrogen) atoms. The Balaban J connectivity index is 1.91. The molecule has 1 heterocycles. The van der Waals surface area contributed by atoms with Crippen LogP contribution in [0.4, 0.5) is 0 Å². The van der Waals surface area contributed by atoms with Crippen LogP contribution in [0.25, 0.3) is 0 Å². The number of fused-ring (bicyclic) bond motifs is 2. The van der Waals surface area contributed by atoms with E-state index in [2.05, 4.69) is 54.7 Å². The first kappa shape index (κ1) is 14.5. The maximum atomic E-state index is 12.2. The molecule has 0 bridgehead atoms. The second-order valence-electron chi connectivity index (χ2n) is 6.96. The number of aliphatic carboxylic acids is 1.